The number of anilines is 1. The molecule has 4 rings (SSSR count). The van der Waals surface area contributed by atoms with E-state index in [9.17, 15) is 4.79 Å². The predicted octanol–water partition coefficient (Wildman–Crippen LogP) is 2.01. The molecule has 0 aliphatic carbocycles. The molecule has 3 aromatic rings. The van der Waals surface area contributed by atoms with Gasteiger partial charge in [-0.2, -0.15) is 4.98 Å². The summed E-state index contributed by atoms with van der Waals surface area (Å²) in [7, 11) is 1.70. The van der Waals surface area contributed by atoms with Crippen molar-refractivity contribution in [3.8, 4) is 11.1 Å². The quantitative estimate of drug-likeness (QED) is 0.614. The zero-order chi connectivity index (χ0) is 20.4. The van der Waals surface area contributed by atoms with Gasteiger partial charge < -0.3 is 5.11 Å². The van der Waals surface area contributed by atoms with Crippen LogP contribution < -0.4 is 11.0 Å². The van der Waals surface area contributed by atoms with E-state index in [1.807, 2.05) is 23.2 Å². The Morgan fingerprint density at radius 2 is 1.90 bits per heavy atom. The number of aliphatic hydroxyl groups excluding tert-OH is 1. The number of hydrogen-bond acceptors (Lipinski definition) is 7. The van der Waals surface area contributed by atoms with E-state index in [-0.39, 0.29) is 24.6 Å². The molecule has 1 aliphatic heterocycles. The second kappa shape index (κ2) is 9.72. The molecular weight excluding hydrogens is 427 g/mol. The molecule has 1 aliphatic rings. The maximum atomic E-state index is 12.9. The lowest BCUT2D eigenvalue weighted by Gasteiger charge is -2.34. The van der Waals surface area contributed by atoms with Crippen LogP contribution in [0.4, 0.5) is 5.95 Å². The van der Waals surface area contributed by atoms with E-state index >= 15 is 0 Å². The minimum Gasteiger partial charge on any atom is -0.395 e. The van der Waals surface area contributed by atoms with Crippen LogP contribution in [0.5, 0.6) is 0 Å². The van der Waals surface area contributed by atoms with Crippen LogP contribution in [0, 0.1) is 0 Å². The van der Waals surface area contributed by atoms with E-state index in [4.69, 9.17) is 16.7 Å². The van der Waals surface area contributed by atoms with Gasteiger partial charge in [-0.15, -0.1) is 12.4 Å². The van der Waals surface area contributed by atoms with Gasteiger partial charge in [-0.1, -0.05) is 29.8 Å². The van der Waals surface area contributed by atoms with E-state index < -0.39 is 0 Å². The minimum atomic E-state index is -0.159. The van der Waals surface area contributed by atoms with E-state index in [1.165, 1.54) is 4.57 Å². The van der Waals surface area contributed by atoms with Gasteiger partial charge in [0.2, 0.25) is 5.95 Å². The van der Waals surface area contributed by atoms with Crippen LogP contribution in [0.2, 0.25) is 5.02 Å². The Bertz CT molecular complexity index is 1080. The van der Waals surface area contributed by atoms with Crippen molar-refractivity contribution in [1.82, 2.24) is 24.4 Å². The molecule has 10 heteroatoms. The first-order valence-corrected chi connectivity index (χ1v) is 9.91. The number of aryl methyl sites for hydroxylation is 1. The minimum absolute atomic E-state index is 0. The van der Waals surface area contributed by atoms with E-state index in [0.717, 1.165) is 31.6 Å². The van der Waals surface area contributed by atoms with Gasteiger partial charge in [0.05, 0.1) is 6.61 Å². The number of rotatable bonds is 5. The number of nitrogens with zero attached hydrogens (tertiary/aromatic N) is 5. The summed E-state index contributed by atoms with van der Waals surface area (Å²) in [5.74, 6) is 0.452. The summed E-state index contributed by atoms with van der Waals surface area (Å²) < 4.78 is 1.53. The molecule has 3 heterocycles. The smallest absolute Gasteiger partial charge is 0.259 e. The molecule has 1 saturated heterocycles. The summed E-state index contributed by atoms with van der Waals surface area (Å²) in [6.45, 7) is 4.18. The summed E-state index contributed by atoms with van der Waals surface area (Å²) in [5.41, 5.74) is 4.84. The van der Waals surface area contributed by atoms with Gasteiger partial charge in [0, 0.05) is 67.5 Å². The van der Waals surface area contributed by atoms with Crippen LogP contribution in [0.1, 0.15) is 0 Å². The lowest BCUT2D eigenvalue weighted by molar-refractivity contribution is 0.127. The Morgan fingerprint density at radius 3 is 2.60 bits per heavy atom. The Labute approximate surface area is 185 Å². The highest BCUT2D eigenvalue weighted by Crippen LogP contribution is 2.27. The Morgan fingerprint density at radius 1 is 1.17 bits per heavy atom. The number of nitrogens with one attached hydrogen (secondary N) is 1. The first kappa shape index (κ1) is 22.5. The Balaban J connectivity index is 0.00000256. The zero-order valence-electron chi connectivity index (χ0n) is 16.6. The number of fused-ring (bicyclic) bond motifs is 1. The first-order valence-electron chi connectivity index (χ1n) is 9.53. The number of benzene rings is 1. The van der Waals surface area contributed by atoms with Crippen molar-refractivity contribution in [3.05, 3.63) is 51.9 Å². The highest BCUT2D eigenvalue weighted by molar-refractivity contribution is 6.33. The predicted molar refractivity (Wildman–Crippen MR) is 121 cm³/mol. The van der Waals surface area contributed by atoms with Crippen molar-refractivity contribution in [2.75, 3.05) is 44.8 Å². The van der Waals surface area contributed by atoms with Crippen molar-refractivity contribution in [2.45, 2.75) is 0 Å². The molecular formula is C20H24Cl2N6O2. The van der Waals surface area contributed by atoms with Gasteiger partial charge in [-0.25, -0.2) is 9.99 Å². The molecule has 0 atom stereocenters. The normalized spacial score (nSPS) is 15.2. The maximum Gasteiger partial charge on any atom is 0.259 e. The third kappa shape index (κ3) is 4.58. The molecule has 0 unspecified atom stereocenters. The van der Waals surface area contributed by atoms with Gasteiger partial charge in [-0.05, 0) is 12.1 Å². The van der Waals surface area contributed by atoms with Crippen LogP contribution in [0.25, 0.3) is 22.2 Å². The molecule has 1 fully saturated rings. The summed E-state index contributed by atoms with van der Waals surface area (Å²) >= 11 is 6.29. The maximum absolute atomic E-state index is 12.9. The molecule has 0 saturated carbocycles. The summed E-state index contributed by atoms with van der Waals surface area (Å²) in [5, 5.41) is 12.4. The van der Waals surface area contributed by atoms with E-state index in [2.05, 4.69) is 20.3 Å². The second-order valence-electron chi connectivity index (χ2n) is 7.04. The van der Waals surface area contributed by atoms with Crippen LogP contribution in [-0.2, 0) is 7.05 Å². The molecule has 0 radical (unpaired) electrons. The molecule has 8 nitrogen and oxygen atoms in total. The fourth-order valence-electron chi connectivity index (χ4n) is 3.54. The van der Waals surface area contributed by atoms with E-state index in [0.29, 0.717) is 34.3 Å². The largest absolute Gasteiger partial charge is 0.395 e. The number of halogens is 2. The first-order chi connectivity index (χ1) is 14.1. The monoisotopic (exact) mass is 450 g/mol. The molecule has 0 spiro atoms. The molecule has 0 amide bonds. The molecule has 30 heavy (non-hydrogen) atoms. The highest BCUT2D eigenvalue weighted by atomic mass is 35.5. The van der Waals surface area contributed by atoms with Crippen LogP contribution >= 0.6 is 24.0 Å². The van der Waals surface area contributed by atoms with Gasteiger partial charge in [0.15, 0.2) is 0 Å². The van der Waals surface area contributed by atoms with Gasteiger partial charge in [0.1, 0.15) is 5.65 Å². The number of aromatic nitrogens is 3. The van der Waals surface area contributed by atoms with Crippen molar-refractivity contribution in [1.29, 1.82) is 0 Å². The lowest BCUT2D eigenvalue weighted by atomic mass is 10.1. The van der Waals surface area contributed by atoms with Crippen molar-refractivity contribution >= 4 is 41.0 Å². The molecule has 2 aromatic heterocycles. The average Bonchev–Trinajstić information content (AvgIpc) is 2.73. The zero-order valence-corrected chi connectivity index (χ0v) is 18.2. The topological polar surface area (TPSA) is 86.5 Å². The molecule has 2 N–H and O–H groups in total. The van der Waals surface area contributed by atoms with Gasteiger partial charge in [-0.3, -0.25) is 19.7 Å². The van der Waals surface area contributed by atoms with Crippen LogP contribution in [0.15, 0.2) is 41.3 Å². The number of hydrazine groups is 1. The van der Waals surface area contributed by atoms with Crippen molar-refractivity contribution in [2.24, 2.45) is 7.05 Å². The standard InChI is InChI=1S/C20H23ClN6O2.ClH/c1-25-18-14(12-16(19(25)29)15-4-2-3-5-17(15)21)13-22-20(23-18)24-27-8-6-26(7-9-27)10-11-28;/h2-5,12-13,28H,6-11H2,1H3,(H,22,23,24);1H. The fourth-order valence-corrected chi connectivity index (χ4v) is 3.78. The summed E-state index contributed by atoms with van der Waals surface area (Å²) in [4.78, 5) is 24.1. The average molecular weight is 451 g/mol. The lowest BCUT2D eigenvalue weighted by Crippen LogP contribution is -2.49. The van der Waals surface area contributed by atoms with Crippen molar-refractivity contribution < 1.29 is 5.11 Å². The third-order valence-corrected chi connectivity index (χ3v) is 5.49. The molecule has 160 valence electrons. The second-order valence-corrected chi connectivity index (χ2v) is 7.45. The fraction of sp³-hybridized carbons (Fsp3) is 0.350. The number of hydrogen-bond donors (Lipinski definition) is 2. The Hall–Kier alpha value is -2.23. The summed E-state index contributed by atoms with van der Waals surface area (Å²) in [6, 6.07) is 9.08. The SMILES string of the molecule is Cl.Cn1c(=O)c(-c2ccccc2Cl)cc2cnc(NN3CCN(CCO)CC3)nc21. The van der Waals surface area contributed by atoms with Gasteiger partial charge in [0.25, 0.3) is 5.56 Å². The summed E-state index contributed by atoms with van der Waals surface area (Å²) in [6.07, 6.45) is 1.71. The van der Waals surface area contributed by atoms with Crippen molar-refractivity contribution in [3.63, 3.8) is 0 Å². The van der Waals surface area contributed by atoms with E-state index in [1.54, 1.807) is 25.4 Å². The van der Waals surface area contributed by atoms with Crippen LogP contribution in [-0.4, -0.2) is 68.9 Å². The molecule has 1 aromatic carbocycles. The number of β-amino-alcohol motifs (C(OH)–C–C–N with tert-alkyl or cyclic N) is 1. The third-order valence-electron chi connectivity index (χ3n) is 5.16. The number of pyridine rings is 1. The number of piperazine rings is 1. The van der Waals surface area contributed by atoms with Gasteiger partial charge >= 0.3 is 0 Å². The van der Waals surface area contributed by atoms with Crippen LogP contribution in [0.3, 0.4) is 0 Å². The number of aliphatic hydroxyl groups is 1. The Kier molecular flexibility index (Phi) is 7.27. The highest BCUT2D eigenvalue weighted by Gasteiger charge is 2.18. The molecule has 0 bridgehead atoms.